The van der Waals surface area contributed by atoms with Crippen LogP contribution in [0.3, 0.4) is 0 Å². The van der Waals surface area contributed by atoms with Gasteiger partial charge in [-0.3, -0.25) is 5.41 Å². The zero-order valence-electron chi connectivity index (χ0n) is 15.5. The molecule has 0 unspecified atom stereocenters. The van der Waals surface area contributed by atoms with E-state index in [1.54, 1.807) is 12.1 Å². The lowest BCUT2D eigenvalue weighted by Gasteiger charge is -2.08. The summed E-state index contributed by atoms with van der Waals surface area (Å²) in [5.74, 6) is 1.80. The number of rotatable bonds is 11. The molecule has 0 aromatic heterocycles. The lowest BCUT2D eigenvalue weighted by atomic mass is 10.1. The number of nitrogens with one attached hydrogen (secondary N) is 1. The maximum Gasteiger partial charge on any atom is 0.122 e. The van der Waals surface area contributed by atoms with Crippen LogP contribution >= 0.6 is 0 Å². The van der Waals surface area contributed by atoms with E-state index in [1.807, 2.05) is 43.3 Å². The molecule has 0 radical (unpaired) electrons. The van der Waals surface area contributed by atoms with Crippen molar-refractivity contribution in [1.82, 2.24) is 0 Å². The standard InChI is InChI=1S/C22H28N2O2.2H2/c1-17(2)18-7-11-20(12-8-18)25-15-5-3-4-6-16-26-21-13-9-19(10-14-21)22(23)24;;/h7-14H,1,3-6,15-16H2,2H3,(H3,23,24);2*1H. The number of amidine groups is 1. The minimum Gasteiger partial charge on any atom is -0.494 e. The normalized spacial score (nSPS) is 10.3. The SMILES string of the molecule is C=C(C)c1ccc(OCCCCCCOc2ccc(C(=N)N)cc2)cc1.[HH].[HH]. The van der Waals surface area contributed by atoms with Gasteiger partial charge in [-0.05, 0) is 74.6 Å². The highest BCUT2D eigenvalue weighted by atomic mass is 16.5. The molecule has 4 nitrogen and oxygen atoms in total. The molecule has 0 amide bonds. The summed E-state index contributed by atoms with van der Waals surface area (Å²) < 4.78 is 11.5. The van der Waals surface area contributed by atoms with Crippen LogP contribution in [0.15, 0.2) is 55.1 Å². The molecule has 0 aliphatic heterocycles. The third-order valence-corrected chi connectivity index (χ3v) is 4.09. The van der Waals surface area contributed by atoms with E-state index in [-0.39, 0.29) is 8.69 Å². The van der Waals surface area contributed by atoms with Crippen LogP contribution < -0.4 is 15.2 Å². The Morgan fingerprint density at radius 3 is 1.65 bits per heavy atom. The number of benzene rings is 2. The number of unbranched alkanes of at least 4 members (excludes halogenated alkanes) is 3. The molecule has 0 aliphatic rings. The summed E-state index contributed by atoms with van der Waals surface area (Å²) >= 11 is 0. The van der Waals surface area contributed by atoms with Crippen LogP contribution in [0, 0.1) is 5.41 Å². The lowest BCUT2D eigenvalue weighted by Crippen LogP contribution is -2.10. The van der Waals surface area contributed by atoms with Gasteiger partial charge >= 0.3 is 0 Å². The fraction of sp³-hybridized carbons (Fsp3) is 0.318. The Morgan fingerprint density at radius 2 is 1.27 bits per heavy atom. The van der Waals surface area contributed by atoms with E-state index in [9.17, 15) is 0 Å². The molecule has 0 bridgehead atoms. The number of hydrogen-bond donors (Lipinski definition) is 2. The van der Waals surface area contributed by atoms with Gasteiger partial charge in [0.1, 0.15) is 17.3 Å². The summed E-state index contributed by atoms with van der Waals surface area (Å²) in [5, 5.41) is 7.36. The average molecular weight is 357 g/mol. The van der Waals surface area contributed by atoms with Gasteiger partial charge < -0.3 is 15.2 Å². The Bertz CT molecular complexity index is 653. The molecular formula is C22H32N2O2. The molecule has 0 saturated carbocycles. The fourth-order valence-electron chi connectivity index (χ4n) is 2.50. The van der Waals surface area contributed by atoms with Crippen LogP contribution in [0.25, 0.3) is 5.57 Å². The van der Waals surface area contributed by atoms with Crippen LogP contribution in [0.2, 0.25) is 0 Å². The van der Waals surface area contributed by atoms with Crippen molar-refractivity contribution in [3.63, 3.8) is 0 Å². The first-order valence-electron chi connectivity index (χ1n) is 9.02. The summed E-state index contributed by atoms with van der Waals surface area (Å²) in [6.07, 6.45) is 4.29. The first-order valence-corrected chi connectivity index (χ1v) is 9.02. The first kappa shape index (κ1) is 19.6. The smallest absolute Gasteiger partial charge is 0.122 e. The van der Waals surface area contributed by atoms with Gasteiger partial charge in [0, 0.05) is 8.42 Å². The van der Waals surface area contributed by atoms with E-state index in [0.717, 1.165) is 54.9 Å². The molecule has 0 heterocycles. The molecule has 0 fully saturated rings. The Kier molecular flexibility index (Phi) is 7.75. The zero-order chi connectivity index (χ0) is 18.8. The molecule has 3 N–H and O–H groups in total. The highest BCUT2D eigenvalue weighted by Crippen LogP contribution is 2.17. The number of allylic oxidation sites excluding steroid dienone is 1. The predicted octanol–water partition coefficient (Wildman–Crippen LogP) is 5.51. The van der Waals surface area contributed by atoms with Gasteiger partial charge in [0.05, 0.1) is 13.2 Å². The van der Waals surface area contributed by atoms with Crippen molar-refractivity contribution in [2.45, 2.75) is 32.6 Å². The highest BCUT2D eigenvalue weighted by Gasteiger charge is 1.99. The maximum absolute atomic E-state index is 7.36. The number of nitrogens with two attached hydrogens (primary N) is 1. The average Bonchev–Trinajstić information content (AvgIpc) is 2.64. The van der Waals surface area contributed by atoms with Crippen molar-refractivity contribution in [1.29, 1.82) is 5.41 Å². The van der Waals surface area contributed by atoms with Gasteiger partial charge in [0.25, 0.3) is 0 Å². The minimum absolute atomic E-state index is 0. The molecule has 0 spiro atoms. The molecule has 0 aliphatic carbocycles. The summed E-state index contributed by atoms with van der Waals surface area (Å²) in [7, 11) is 0. The van der Waals surface area contributed by atoms with Crippen molar-refractivity contribution in [3.05, 3.63) is 66.2 Å². The summed E-state index contributed by atoms with van der Waals surface area (Å²) in [5.41, 5.74) is 8.35. The predicted molar refractivity (Wildman–Crippen MR) is 112 cm³/mol. The molecular weight excluding hydrogens is 324 g/mol. The van der Waals surface area contributed by atoms with Gasteiger partial charge in [-0.15, -0.1) is 0 Å². The second-order valence-electron chi connectivity index (χ2n) is 6.35. The molecule has 0 saturated heterocycles. The first-order chi connectivity index (χ1) is 12.6. The number of nitrogen functional groups attached to an aromatic ring is 1. The van der Waals surface area contributed by atoms with Crippen LogP contribution in [-0.2, 0) is 0 Å². The van der Waals surface area contributed by atoms with Crippen LogP contribution in [-0.4, -0.2) is 19.0 Å². The third kappa shape index (κ3) is 6.63. The Balaban J connectivity index is 0.00000364. The second-order valence-corrected chi connectivity index (χ2v) is 6.35. The van der Waals surface area contributed by atoms with Gasteiger partial charge in [0.15, 0.2) is 0 Å². The van der Waals surface area contributed by atoms with Crippen molar-refractivity contribution < 1.29 is 12.3 Å². The fourth-order valence-corrected chi connectivity index (χ4v) is 2.50. The van der Waals surface area contributed by atoms with Gasteiger partial charge in [0.2, 0.25) is 0 Å². The monoisotopic (exact) mass is 356 g/mol. The van der Waals surface area contributed by atoms with Crippen molar-refractivity contribution >= 4 is 11.4 Å². The van der Waals surface area contributed by atoms with E-state index in [0.29, 0.717) is 12.2 Å². The summed E-state index contributed by atoms with van der Waals surface area (Å²) in [4.78, 5) is 0. The maximum atomic E-state index is 7.36. The molecule has 2 rings (SSSR count). The van der Waals surface area contributed by atoms with E-state index < -0.39 is 0 Å². The molecule has 142 valence electrons. The second kappa shape index (κ2) is 10.3. The summed E-state index contributed by atoms with van der Waals surface area (Å²) in [6, 6.07) is 15.4. The minimum atomic E-state index is 0. The zero-order valence-corrected chi connectivity index (χ0v) is 15.5. The molecule has 4 heteroatoms. The quantitative estimate of drug-likeness (QED) is 0.317. The van der Waals surface area contributed by atoms with Gasteiger partial charge in [-0.2, -0.15) is 0 Å². The van der Waals surface area contributed by atoms with Crippen molar-refractivity contribution in [3.8, 4) is 11.5 Å². The van der Waals surface area contributed by atoms with Gasteiger partial charge in [-0.25, -0.2) is 0 Å². The largest absolute Gasteiger partial charge is 0.494 e. The number of ether oxygens (including phenoxy) is 2. The van der Waals surface area contributed by atoms with E-state index >= 15 is 0 Å². The van der Waals surface area contributed by atoms with E-state index in [4.69, 9.17) is 20.6 Å². The molecule has 2 aromatic rings. The summed E-state index contributed by atoms with van der Waals surface area (Å²) in [6.45, 7) is 7.37. The Hall–Kier alpha value is -2.75. The van der Waals surface area contributed by atoms with Crippen LogP contribution in [0.5, 0.6) is 11.5 Å². The molecule has 2 aromatic carbocycles. The van der Waals surface area contributed by atoms with Crippen LogP contribution in [0.1, 0.15) is 46.6 Å². The van der Waals surface area contributed by atoms with Crippen LogP contribution in [0.4, 0.5) is 0 Å². The molecule has 0 atom stereocenters. The Morgan fingerprint density at radius 1 is 0.846 bits per heavy atom. The van der Waals surface area contributed by atoms with Crippen molar-refractivity contribution in [2.24, 2.45) is 5.73 Å². The molecule has 26 heavy (non-hydrogen) atoms. The number of hydrogen-bond acceptors (Lipinski definition) is 3. The van der Waals surface area contributed by atoms with E-state index in [1.165, 1.54) is 0 Å². The van der Waals surface area contributed by atoms with Crippen molar-refractivity contribution in [2.75, 3.05) is 13.2 Å². The lowest BCUT2D eigenvalue weighted by molar-refractivity contribution is 0.287. The van der Waals surface area contributed by atoms with Gasteiger partial charge in [-0.1, -0.05) is 24.3 Å². The Labute approximate surface area is 159 Å². The third-order valence-electron chi connectivity index (χ3n) is 4.09. The topological polar surface area (TPSA) is 68.3 Å². The highest BCUT2D eigenvalue weighted by molar-refractivity contribution is 5.94. The van der Waals surface area contributed by atoms with E-state index in [2.05, 4.69) is 6.58 Å².